The van der Waals surface area contributed by atoms with Crippen molar-refractivity contribution >= 4 is 5.84 Å². The van der Waals surface area contributed by atoms with E-state index in [2.05, 4.69) is 24.6 Å². The lowest BCUT2D eigenvalue weighted by atomic mass is 10.3. The maximum atomic E-state index is 3.27. The number of hydrogen-bond acceptors (Lipinski definition) is 2. The number of hydrogen-bond donors (Lipinski definition) is 2. The van der Waals surface area contributed by atoms with Gasteiger partial charge in [-0.3, -0.25) is 5.32 Å². The number of hydrazone groups is 1. The van der Waals surface area contributed by atoms with Crippen LogP contribution in [0.1, 0.15) is 20.8 Å². The zero-order chi connectivity index (χ0) is 7.07. The Morgan fingerprint density at radius 3 is 2.00 bits per heavy atom. The van der Waals surface area contributed by atoms with E-state index in [9.17, 15) is 0 Å². The van der Waals surface area contributed by atoms with Gasteiger partial charge >= 0.3 is 0 Å². The summed E-state index contributed by atoms with van der Waals surface area (Å²) in [5.74, 6) is 1.17. The number of nitrogens with one attached hydrogen (secondary N) is 2. The van der Waals surface area contributed by atoms with E-state index in [4.69, 9.17) is 0 Å². The summed E-state index contributed by atoms with van der Waals surface area (Å²) in [7, 11) is 2.00. The number of hydrazine groups is 1. The second-order valence-electron chi connectivity index (χ2n) is 3.01. The summed E-state index contributed by atoms with van der Waals surface area (Å²) < 4.78 is 1.99. The van der Waals surface area contributed by atoms with Gasteiger partial charge in [0, 0.05) is 20.8 Å². The van der Waals surface area contributed by atoms with Crippen molar-refractivity contribution in [3.8, 4) is 0 Å². The number of nitrogens with zero attached hydrogens (tertiary/aromatic N) is 1. The van der Waals surface area contributed by atoms with Gasteiger partial charge in [0.1, 0.15) is 7.05 Å². The molecule has 4 heteroatoms. The minimum absolute atomic E-state index is 0. The average Bonchev–Trinajstić information content (AvgIpc) is 1.79. The molecule has 0 radical (unpaired) electrons. The van der Waals surface area contributed by atoms with Crippen LogP contribution < -0.4 is 34.7 Å². The topological polar surface area (TPSA) is 27.1 Å². The van der Waals surface area contributed by atoms with Gasteiger partial charge in [-0.15, -0.1) is 0 Å². The van der Waals surface area contributed by atoms with Crippen molar-refractivity contribution in [1.82, 2.24) is 10.7 Å². The molecule has 0 saturated carbocycles. The highest BCUT2D eigenvalue weighted by Crippen LogP contribution is 2.00. The van der Waals surface area contributed by atoms with Gasteiger partial charge < -0.3 is 24.0 Å². The van der Waals surface area contributed by atoms with Gasteiger partial charge in [-0.05, 0) is 0 Å². The van der Waals surface area contributed by atoms with Crippen molar-refractivity contribution in [2.75, 3.05) is 7.05 Å². The van der Waals surface area contributed by atoms with Crippen LogP contribution in [0.3, 0.4) is 0 Å². The van der Waals surface area contributed by atoms with Crippen LogP contribution in [0.25, 0.3) is 0 Å². The minimum atomic E-state index is 0. The molecule has 3 nitrogen and oxygen atoms in total. The van der Waals surface area contributed by atoms with Gasteiger partial charge in [0.25, 0.3) is 5.84 Å². The van der Waals surface area contributed by atoms with E-state index < -0.39 is 0 Å². The number of amidine groups is 1. The maximum Gasteiger partial charge on any atom is 0.266 e. The molecule has 1 rings (SSSR count). The first-order valence-corrected chi connectivity index (χ1v) is 3.14. The first-order valence-electron chi connectivity index (χ1n) is 3.14. The van der Waals surface area contributed by atoms with Crippen molar-refractivity contribution < 1.29 is 28.7 Å². The highest BCUT2D eigenvalue weighted by molar-refractivity contribution is 5.75. The molecular weight excluding hydrogens is 241 g/mol. The molecule has 0 aliphatic carbocycles. The predicted molar refractivity (Wildman–Crippen MR) is 37.2 cm³/mol. The summed E-state index contributed by atoms with van der Waals surface area (Å²) in [6.45, 7) is 6.24. The molecule has 0 aromatic rings. The molecule has 10 heavy (non-hydrogen) atoms. The second-order valence-corrected chi connectivity index (χ2v) is 3.01. The predicted octanol–water partition coefficient (Wildman–Crippen LogP) is -3.10. The fraction of sp³-hybridized carbons (Fsp3) is 0.833. The quantitative estimate of drug-likeness (QED) is 0.354. The summed E-state index contributed by atoms with van der Waals surface area (Å²) in [6.07, 6.45) is 0. The van der Waals surface area contributed by atoms with Gasteiger partial charge in [0.2, 0.25) is 0 Å². The monoisotopic (exact) mass is 255 g/mol. The first kappa shape index (κ1) is 10.0. The van der Waals surface area contributed by atoms with Gasteiger partial charge in [0.15, 0.2) is 5.66 Å². The molecule has 0 unspecified atom stereocenters. The van der Waals surface area contributed by atoms with E-state index in [1.807, 2.05) is 18.7 Å². The van der Waals surface area contributed by atoms with Gasteiger partial charge in [-0.1, -0.05) is 0 Å². The summed E-state index contributed by atoms with van der Waals surface area (Å²) >= 11 is 0. The van der Waals surface area contributed by atoms with Crippen LogP contribution in [0.2, 0.25) is 0 Å². The Morgan fingerprint density at radius 1 is 1.40 bits per heavy atom. The smallest absolute Gasteiger partial charge is 0.266 e. The maximum absolute atomic E-state index is 3.27. The molecule has 1 heterocycles. The number of halogens is 1. The normalized spacial score (nSPS) is 21.2. The number of rotatable bonds is 0. The van der Waals surface area contributed by atoms with Gasteiger partial charge in [-0.2, -0.15) is 4.68 Å². The van der Waals surface area contributed by atoms with Crippen LogP contribution in [0, 0.1) is 0 Å². The molecule has 0 aromatic carbocycles. The fourth-order valence-electron chi connectivity index (χ4n) is 1.07. The van der Waals surface area contributed by atoms with E-state index in [0.717, 1.165) is 0 Å². The standard InChI is InChI=1S/C6H13N3.HI/c1-5-7-6(2,3)8-9(5)4;/h8H,1-4H3;1H. The van der Waals surface area contributed by atoms with Crippen LogP contribution in [0.5, 0.6) is 0 Å². The average molecular weight is 255 g/mol. The molecule has 0 spiro atoms. The molecule has 2 N–H and O–H groups in total. The molecular formula is C6H14IN3. The van der Waals surface area contributed by atoms with Crippen LogP contribution in [-0.2, 0) is 0 Å². The third kappa shape index (κ3) is 2.00. The SMILES string of the molecule is CC1=[N+](C)NC(C)(C)N1.[I-]. The van der Waals surface area contributed by atoms with Crippen molar-refractivity contribution in [3.05, 3.63) is 0 Å². The zero-order valence-electron chi connectivity index (χ0n) is 6.83. The Balaban J connectivity index is 0.000000810. The van der Waals surface area contributed by atoms with E-state index in [1.54, 1.807) is 0 Å². The lowest BCUT2D eigenvalue weighted by molar-refractivity contribution is -0.561. The van der Waals surface area contributed by atoms with E-state index in [1.165, 1.54) is 5.84 Å². The Labute approximate surface area is 78.9 Å². The van der Waals surface area contributed by atoms with Crippen LogP contribution in [0.15, 0.2) is 0 Å². The highest BCUT2D eigenvalue weighted by atomic mass is 127. The van der Waals surface area contributed by atoms with E-state index in [-0.39, 0.29) is 29.6 Å². The van der Waals surface area contributed by atoms with Crippen molar-refractivity contribution in [1.29, 1.82) is 0 Å². The van der Waals surface area contributed by atoms with Crippen molar-refractivity contribution in [3.63, 3.8) is 0 Å². The lowest BCUT2D eigenvalue weighted by Crippen LogP contribution is -3.00. The third-order valence-electron chi connectivity index (χ3n) is 1.44. The van der Waals surface area contributed by atoms with E-state index >= 15 is 0 Å². The fourth-order valence-corrected chi connectivity index (χ4v) is 1.07. The molecule has 0 amide bonds. The van der Waals surface area contributed by atoms with Crippen LogP contribution >= 0.6 is 0 Å². The van der Waals surface area contributed by atoms with Crippen molar-refractivity contribution in [2.24, 2.45) is 0 Å². The van der Waals surface area contributed by atoms with E-state index in [0.29, 0.717) is 0 Å². The third-order valence-corrected chi connectivity index (χ3v) is 1.44. The highest BCUT2D eigenvalue weighted by Gasteiger charge is 2.31. The largest absolute Gasteiger partial charge is 1.00 e. The van der Waals surface area contributed by atoms with Gasteiger partial charge in [-0.25, -0.2) is 5.43 Å². The van der Waals surface area contributed by atoms with Crippen molar-refractivity contribution in [2.45, 2.75) is 26.4 Å². The molecule has 0 atom stereocenters. The summed E-state index contributed by atoms with van der Waals surface area (Å²) in [5.41, 5.74) is 3.25. The molecule has 0 fully saturated rings. The lowest BCUT2D eigenvalue weighted by Gasteiger charge is -2.12. The Bertz CT molecular complexity index is 146. The summed E-state index contributed by atoms with van der Waals surface area (Å²) in [4.78, 5) is 0. The van der Waals surface area contributed by atoms with Crippen LogP contribution in [-0.4, -0.2) is 23.2 Å². The second kappa shape index (κ2) is 2.94. The molecule has 60 valence electrons. The van der Waals surface area contributed by atoms with Crippen LogP contribution in [0.4, 0.5) is 0 Å². The Morgan fingerprint density at radius 2 is 1.90 bits per heavy atom. The van der Waals surface area contributed by atoms with Gasteiger partial charge in [0.05, 0.1) is 0 Å². The molecule has 0 aromatic heterocycles. The Kier molecular flexibility index (Phi) is 2.94. The molecule has 0 saturated heterocycles. The molecule has 1 aliphatic heterocycles. The summed E-state index contributed by atoms with van der Waals surface area (Å²) in [5, 5.41) is 3.27. The Hall–Kier alpha value is 0. The zero-order valence-corrected chi connectivity index (χ0v) is 8.98. The molecule has 0 bridgehead atoms. The minimum Gasteiger partial charge on any atom is -1.00 e. The first-order chi connectivity index (χ1) is 4.01. The summed E-state index contributed by atoms with van der Waals surface area (Å²) in [6, 6.07) is 0. The molecule has 1 aliphatic rings.